The Kier molecular flexibility index (Phi) is 5.13. The summed E-state index contributed by atoms with van der Waals surface area (Å²) in [7, 11) is 0. The zero-order valence-electron chi connectivity index (χ0n) is 10.1. The standard InChI is InChI=1S/C12H21N3.ClH/c1-3-10(2)15-12(8-9-13-15)14-11-6-4-5-7-11;/h8-11,14H,3-7H2,1-2H3;1H. The summed E-state index contributed by atoms with van der Waals surface area (Å²) >= 11 is 0. The minimum Gasteiger partial charge on any atom is -0.368 e. The van der Waals surface area contributed by atoms with Gasteiger partial charge in [-0.15, -0.1) is 12.4 Å². The lowest BCUT2D eigenvalue weighted by molar-refractivity contribution is 0.480. The van der Waals surface area contributed by atoms with Gasteiger partial charge in [-0.25, -0.2) is 4.68 Å². The Morgan fingerprint density at radius 3 is 2.81 bits per heavy atom. The maximum atomic E-state index is 4.38. The molecule has 1 saturated carbocycles. The van der Waals surface area contributed by atoms with Crippen LogP contribution >= 0.6 is 12.4 Å². The fraction of sp³-hybridized carbons (Fsp3) is 0.750. The highest BCUT2D eigenvalue weighted by Gasteiger charge is 2.17. The van der Waals surface area contributed by atoms with Crippen LogP contribution in [0.5, 0.6) is 0 Å². The van der Waals surface area contributed by atoms with Crippen molar-refractivity contribution in [2.45, 2.75) is 58.0 Å². The van der Waals surface area contributed by atoms with Gasteiger partial charge in [0.25, 0.3) is 0 Å². The SMILES string of the molecule is CCC(C)n1nccc1NC1CCCC1.Cl. The lowest BCUT2D eigenvalue weighted by atomic mass is 10.2. The molecule has 0 aromatic carbocycles. The molecule has 3 nitrogen and oxygen atoms in total. The second-order valence-electron chi connectivity index (χ2n) is 4.54. The monoisotopic (exact) mass is 243 g/mol. The second kappa shape index (κ2) is 6.14. The lowest BCUT2D eigenvalue weighted by Gasteiger charge is -2.18. The molecule has 0 bridgehead atoms. The smallest absolute Gasteiger partial charge is 0.124 e. The highest BCUT2D eigenvalue weighted by atomic mass is 35.5. The summed E-state index contributed by atoms with van der Waals surface area (Å²) in [5, 5.41) is 7.99. The highest BCUT2D eigenvalue weighted by molar-refractivity contribution is 5.85. The van der Waals surface area contributed by atoms with E-state index in [1.165, 1.54) is 31.5 Å². The molecule has 1 atom stereocenters. The third-order valence-corrected chi connectivity index (χ3v) is 3.39. The van der Waals surface area contributed by atoms with Crippen LogP contribution in [0.3, 0.4) is 0 Å². The third-order valence-electron chi connectivity index (χ3n) is 3.39. The van der Waals surface area contributed by atoms with E-state index in [0.29, 0.717) is 12.1 Å². The van der Waals surface area contributed by atoms with Gasteiger partial charge in [-0.1, -0.05) is 19.8 Å². The van der Waals surface area contributed by atoms with E-state index in [1.807, 2.05) is 6.20 Å². The Hall–Kier alpha value is -0.700. The number of nitrogens with one attached hydrogen (secondary N) is 1. The van der Waals surface area contributed by atoms with E-state index in [1.54, 1.807) is 0 Å². The van der Waals surface area contributed by atoms with Crippen LogP contribution < -0.4 is 5.32 Å². The first-order chi connectivity index (χ1) is 7.31. The van der Waals surface area contributed by atoms with Crippen molar-refractivity contribution in [3.05, 3.63) is 12.3 Å². The third kappa shape index (κ3) is 2.91. The zero-order chi connectivity index (χ0) is 10.7. The Bertz CT molecular complexity index is 305. The van der Waals surface area contributed by atoms with Gasteiger partial charge in [-0.05, 0) is 26.2 Å². The molecular weight excluding hydrogens is 222 g/mol. The van der Waals surface area contributed by atoms with Crippen LogP contribution in [0.4, 0.5) is 5.82 Å². The summed E-state index contributed by atoms with van der Waals surface area (Å²) in [5.74, 6) is 1.19. The van der Waals surface area contributed by atoms with Gasteiger partial charge in [0.1, 0.15) is 5.82 Å². The molecule has 16 heavy (non-hydrogen) atoms. The number of aromatic nitrogens is 2. The van der Waals surface area contributed by atoms with Gasteiger partial charge in [0.2, 0.25) is 0 Å². The van der Waals surface area contributed by atoms with Gasteiger partial charge in [0, 0.05) is 12.1 Å². The maximum Gasteiger partial charge on any atom is 0.124 e. The molecule has 1 aromatic rings. The predicted octanol–water partition coefficient (Wildman–Crippen LogP) is 3.63. The molecule has 0 radical (unpaired) electrons. The van der Waals surface area contributed by atoms with Crippen molar-refractivity contribution < 1.29 is 0 Å². The summed E-state index contributed by atoms with van der Waals surface area (Å²) in [6.07, 6.45) is 8.38. The number of anilines is 1. The lowest BCUT2D eigenvalue weighted by Crippen LogP contribution is -2.19. The molecule has 1 heterocycles. The molecule has 0 saturated heterocycles. The molecule has 92 valence electrons. The van der Waals surface area contributed by atoms with Crippen LogP contribution in [0.2, 0.25) is 0 Å². The van der Waals surface area contributed by atoms with Crippen LogP contribution in [-0.2, 0) is 0 Å². The molecule has 1 aromatic heterocycles. The number of nitrogens with zero attached hydrogens (tertiary/aromatic N) is 2. The zero-order valence-corrected chi connectivity index (χ0v) is 11.0. The minimum atomic E-state index is 0. The van der Waals surface area contributed by atoms with Gasteiger partial charge in [0.15, 0.2) is 0 Å². The van der Waals surface area contributed by atoms with Crippen molar-refractivity contribution in [2.75, 3.05) is 5.32 Å². The fourth-order valence-electron chi connectivity index (χ4n) is 2.23. The molecular formula is C12H22ClN3. The van der Waals surface area contributed by atoms with E-state index in [0.717, 1.165) is 6.42 Å². The Morgan fingerprint density at radius 1 is 1.50 bits per heavy atom. The van der Waals surface area contributed by atoms with Gasteiger partial charge in [0.05, 0.1) is 12.2 Å². The van der Waals surface area contributed by atoms with Gasteiger partial charge in [-0.2, -0.15) is 5.10 Å². The van der Waals surface area contributed by atoms with Crippen LogP contribution in [0.1, 0.15) is 52.0 Å². The molecule has 4 heteroatoms. The first kappa shape index (κ1) is 13.4. The Morgan fingerprint density at radius 2 is 2.19 bits per heavy atom. The molecule has 1 N–H and O–H groups in total. The maximum absolute atomic E-state index is 4.38. The first-order valence-electron chi connectivity index (χ1n) is 6.11. The molecule has 0 spiro atoms. The summed E-state index contributed by atoms with van der Waals surface area (Å²) in [6, 6.07) is 3.25. The van der Waals surface area contributed by atoms with E-state index >= 15 is 0 Å². The van der Waals surface area contributed by atoms with Crippen molar-refractivity contribution in [3.63, 3.8) is 0 Å². The van der Waals surface area contributed by atoms with Crippen molar-refractivity contribution in [1.29, 1.82) is 0 Å². The van der Waals surface area contributed by atoms with Gasteiger partial charge < -0.3 is 5.32 Å². The molecule has 0 aliphatic heterocycles. The van der Waals surface area contributed by atoms with E-state index in [9.17, 15) is 0 Å². The van der Waals surface area contributed by atoms with E-state index < -0.39 is 0 Å². The summed E-state index contributed by atoms with van der Waals surface area (Å²) < 4.78 is 2.11. The largest absolute Gasteiger partial charge is 0.368 e. The number of halogens is 1. The van der Waals surface area contributed by atoms with Crippen molar-refractivity contribution >= 4 is 18.2 Å². The van der Waals surface area contributed by atoms with Crippen LogP contribution in [0.15, 0.2) is 12.3 Å². The number of hydrogen-bond donors (Lipinski definition) is 1. The van der Waals surface area contributed by atoms with Crippen molar-refractivity contribution in [2.24, 2.45) is 0 Å². The first-order valence-corrected chi connectivity index (χ1v) is 6.11. The van der Waals surface area contributed by atoms with Gasteiger partial charge >= 0.3 is 0 Å². The second-order valence-corrected chi connectivity index (χ2v) is 4.54. The molecule has 0 amide bonds. The average molecular weight is 244 g/mol. The Labute approximate surface area is 104 Å². The topological polar surface area (TPSA) is 29.9 Å². The summed E-state index contributed by atoms with van der Waals surface area (Å²) in [5.41, 5.74) is 0. The minimum absolute atomic E-state index is 0. The van der Waals surface area contributed by atoms with Crippen LogP contribution in [0, 0.1) is 0 Å². The van der Waals surface area contributed by atoms with E-state index in [2.05, 4.69) is 35.0 Å². The molecule has 1 unspecified atom stereocenters. The average Bonchev–Trinajstić information content (AvgIpc) is 2.88. The predicted molar refractivity (Wildman–Crippen MR) is 70.4 cm³/mol. The van der Waals surface area contributed by atoms with E-state index in [4.69, 9.17) is 0 Å². The number of rotatable bonds is 4. The van der Waals surface area contributed by atoms with Crippen LogP contribution in [0.25, 0.3) is 0 Å². The quantitative estimate of drug-likeness (QED) is 0.875. The normalized spacial score (nSPS) is 18.1. The fourth-order valence-corrected chi connectivity index (χ4v) is 2.23. The summed E-state index contributed by atoms with van der Waals surface area (Å²) in [6.45, 7) is 4.42. The van der Waals surface area contributed by atoms with Crippen molar-refractivity contribution in [3.8, 4) is 0 Å². The molecule has 1 fully saturated rings. The van der Waals surface area contributed by atoms with Crippen molar-refractivity contribution in [1.82, 2.24) is 9.78 Å². The summed E-state index contributed by atoms with van der Waals surface area (Å²) in [4.78, 5) is 0. The molecule has 1 aliphatic carbocycles. The van der Waals surface area contributed by atoms with E-state index in [-0.39, 0.29) is 12.4 Å². The van der Waals surface area contributed by atoms with Gasteiger partial charge in [-0.3, -0.25) is 0 Å². The Balaban J connectivity index is 0.00000128. The van der Waals surface area contributed by atoms with Crippen LogP contribution in [-0.4, -0.2) is 15.8 Å². The highest BCUT2D eigenvalue weighted by Crippen LogP contribution is 2.24. The molecule has 2 rings (SSSR count). The molecule has 1 aliphatic rings. The number of hydrogen-bond acceptors (Lipinski definition) is 2.